The summed E-state index contributed by atoms with van der Waals surface area (Å²) in [6, 6.07) is 0. The molecular weight excluding hydrogens is 188 g/mol. The minimum Gasteiger partial charge on any atom is -0.377 e. The fourth-order valence-electron chi connectivity index (χ4n) is 3.05. The lowest BCUT2D eigenvalue weighted by Crippen LogP contribution is -2.39. The molecule has 2 unspecified atom stereocenters. The Hall–Kier alpha value is -0.630. The molecule has 0 N–H and O–H groups in total. The zero-order valence-electron chi connectivity index (χ0n) is 9.88. The third-order valence-corrected chi connectivity index (χ3v) is 3.93. The maximum atomic E-state index is 11.9. The number of hydrogen-bond donors (Lipinski definition) is 0. The highest BCUT2D eigenvalue weighted by Gasteiger charge is 2.41. The second-order valence-corrected chi connectivity index (χ2v) is 5.46. The van der Waals surface area contributed by atoms with Gasteiger partial charge in [0.05, 0.1) is 6.10 Å². The third-order valence-electron chi connectivity index (χ3n) is 3.93. The largest absolute Gasteiger partial charge is 0.377 e. The van der Waals surface area contributed by atoms with Gasteiger partial charge in [-0.15, -0.1) is 0 Å². The first-order valence-corrected chi connectivity index (χ1v) is 5.82. The number of hydrogen-bond acceptors (Lipinski definition) is 2. The number of methoxy groups -OCH3 is 1. The molecule has 0 bridgehead atoms. The molecule has 0 radical (unpaired) electrons. The van der Waals surface area contributed by atoms with Crippen LogP contribution in [0.25, 0.3) is 0 Å². The van der Waals surface area contributed by atoms with E-state index in [1.807, 2.05) is 0 Å². The number of ketones is 1. The van der Waals surface area contributed by atoms with Crippen molar-refractivity contribution in [2.45, 2.75) is 45.6 Å². The molecular formula is C13H20O2. The Morgan fingerprint density at radius 3 is 2.87 bits per heavy atom. The van der Waals surface area contributed by atoms with Crippen molar-refractivity contribution in [1.82, 2.24) is 0 Å². The monoisotopic (exact) mass is 208 g/mol. The summed E-state index contributed by atoms with van der Waals surface area (Å²) >= 11 is 0. The van der Waals surface area contributed by atoms with E-state index in [-0.39, 0.29) is 11.5 Å². The van der Waals surface area contributed by atoms with E-state index >= 15 is 0 Å². The normalized spacial score (nSPS) is 34.6. The van der Waals surface area contributed by atoms with Gasteiger partial charge in [-0.3, -0.25) is 4.79 Å². The summed E-state index contributed by atoms with van der Waals surface area (Å²) in [5.74, 6) is 0.811. The highest BCUT2D eigenvalue weighted by Crippen LogP contribution is 2.46. The number of Topliss-reactive ketones (excluding diaryl/α,β-unsaturated/α-hetero) is 1. The van der Waals surface area contributed by atoms with Crippen LogP contribution >= 0.6 is 0 Å². The summed E-state index contributed by atoms with van der Waals surface area (Å²) in [6.07, 6.45) is 6.19. The maximum absolute atomic E-state index is 11.9. The van der Waals surface area contributed by atoms with Crippen LogP contribution in [0.3, 0.4) is 0 Å². The fourth-order valence-corrected chi connectivity index (χ4v) is 3.05. The first kappa shape index (κ1) is 10.9. The van der Waals surface area contributed by atoms with Crippen molar-refractivity contribution in [2.75, 3.05) is 7.11 Å². The Balaban J connectivity index is 2.34. The van der Waals surface area contributed by atoms with Crippen LogP contribution in [0.2, 0.25) is 0 Å². The van der Waals surface area contributed by atoms with Crippen LogP contribution in [-0.4, -0.2) is 19.0 Å². The average Bonchev–Trinajstić information content (AvgIpc) is 2.18. The van der Waals surface area contributed by atoms with Crippen molar-refractivity contribution in [2.24, 2.45) is 11.3 Å². The van der Waals surface area contributed by atoms with E-state index in [2.05, 4.69) is 19.9 Å². The Labute approximate surface area is 91.7 Å². The van der Waals surface area contributed by atoms with Crippen LogP contribution in [0, 0.1) is 11.3 Å². The van der Waals surface area contributed by atoms with E-state index in [0.29, 0.717) is 11.7 Å². The highest BCUT2D eigenvalue weighted by atomic mass is 16.5. The van der Waals surface area contributed by atoms with Crippen molar-refractivity contribution in [3.8, 4) is 0 Å². The van der Waals surface area contributed by atoms with E-state index in [1.54, 1.807) is 7.11 Å². The SMILES string of the molecule is COC1C=C2C(=O)CCCC2C(C)(C)C1. The van der Waals surface area contributed by atoms with Crippen LogP contribution < -0.4 is 0 Å². The number of allylic oxidation sites excluding steroid dienone is 1. The Morgan fingerprint density at radius 1 is 1.47 bits per heavy atom. The Morgan fingerprint density at radius 2 is 2.20 bits per heavy atom. The van der Waals surface area contributed by atoms with Crippen LogP contribution in [0.4, 0.5) is 0 Å². The van der Waals surface area contributed by atoms with Gasteiger partial charge < -0.3 is 4.74 Å². The number of carbonyl (C=O) groups is 1. The van der Waals surface area contributed by atoms with Gasteiger partial charge in [0.25, 0.3) is 0 Å². The molecule has 1 fully saturated rings. The second-order valence-electron chi connectivity index (χ2n) is 5.46. The molecule has 2 aliphatic carbocycles. The summed E-state index contributed by atoms with van der Waals surface area (Å²) < 4.78 is 5.40. The number of rotatable bonds is 1. The first-order chi connectivity index (χ1) is 7.04. The Kier molecular flexibility index (Phi) is 2.72. The van der Waals surface area contributed by atoms with E-state index in [4.69, 9.17) is 4.74 Å². The van der Waals surface area contributed by atoms with Crippen LogP contribution in [0.1, 0.15) is 39.5 Å². The molecule has 84 valence electrons. The van der Waals surface area contributed by atoms with E-state index in [0.717, 1.165) is 24.8 Å². The van der Waals surface area contributed by atoms with E-state index < -0.39 is 0 Å². The van der Waals surface area contributed by atoms with Gasteiger partial charge in [0.1, 0.15) is 0 Å². The molecule has 0 aromatic rings. The minimum atomic E-state index is 0.133. The molecule has 0 aromatic heterocycles. The van der Waals surface area contributed by atoms with Crippen molar-refractivity contribution in [1.29, 1.82) is 0 Å². The van der Waals surface area contributed by atoms with Crippen molar-refractivity contribution >= 4 is 5.78 Å². The molecule has 15 heavy (non-hydrogen) atoms. The van der Waals surface area contributed by atoms with Crippen LogP contribution in [0.5, 0.6) is 0 Å². The summed E-state index contributed by atoms with van der Waals surface area (Å²) in [6.45, 7) is 4.52. The molecule has 1 saturated carbocycles. The lowest BCUT2D eigenvalue weighted by atomic mass is 9.62. The van der Waals surface area contributed by atoms with Gasteiger partial charge in [0, 0.05) is 13.5 Å². The summed E-state index contributed by atoms with van der Waals surface area (Å²) in [5.41, 5.74) is 1.25. The molecule has 0 amide bonds. The molecule has 2 rings (SSSR count). The molecule has 2 atom stereocenters. The molecule has 0 spiro atoms. The van der Waals surface area contributed by atoms with Gasteiger partial charge in [-0.1, -0.05) is 13.8 Å². The number of fused-ring (bicyclic) bond motifs is 1. The van der Waals surface area contributed by atoms with Gasteiger partial charge in [-0.25, -0.2) is 0 Å². The predicted molar refractivity (Wildman–Crippen MR) is 59.6 cm³/mol. The van der Waals surface area contributed by atoms with Gasteiger partial charge in [-0.2, -0.15) is 0 Å². The second kappa shape index (κ2) is 3.75. The van der Waals surface area contributed by atoms with Gasteiger partial charge in [0.15, 0.2) is 5.78 Å². The highest BCUT2D eigenvalue weighted by molar-refractivity contribution is 5.97. The summed E-state index contributed by atoms with van der Waals surface area (Å²) in [4.78, 5) is 11.9. The van der Waals surface area contributed by atoms with Crippen molar-refractivity contribution in [3.63, 3.8) is 0 Å². The fraction of sp³-hybridized carbons (Fsp3) is 0.769. The molecule has 0 saturated heterocycles. The van der Waals surface area contributed by atoms with Crippen LogP contribution in [0.15, 0.2) is 11.6 Å². The number of ether oxygens (including phenoxy) is 1. The topological polar surface area (TPSA) is 26.3 Å². The van der Waals surface area contributed by atoms with Crippen molar-refractivity contribution in [3.05, 3.63) is 11.6 Å². The molecule has 0 heterocycles. The number of carbonyl (C=O) groups excluding carboxylic acids is 1. The van der Waals surface area contributed by atoms with E-state index in [1.165, 1.54) is 6.42 Å². The average molecular weight is 208 g/mol. The van der Waals surface area contributed by atoms with E-state index in [9.17, 15) is 4.79 Å². The van der Waals surface area contributed by atoms with Crippen molar-refractivity contribution < 1.29 is 9.53 Å². The lowest BCUT2D eigenvalue weighted by molar-refractivity contribution is -0.118. The quantitative estimate of drug-likeness (QED) is 0.662. The summed E-state index contributed by atoms with van der Waals surface area (Å²) in [7, 11) is 1.73. The predicted octanol–water partition coefficient (Wildman–Crippen LogP) is 2.73. The zero-order valence-corrected chi connectivity index (χ0v) is 9.88. The molecule has 2 nitrogen and oxygen atoms in total. The zero-order chi connectivity index (χ0) is 11.1. The van der Waals surface area contributed by atoms with Crippen LogP contribution in [-0.2, 0) is 9.53 Å². The molecule has 0 aromatic carbocycles. The summed E-state index contributed by atoms with van der Waals surface area (Å²) in [5, 5.41) is 0. The molecule has 2 heteroatoms. The van der Waals surface area contributed by atoms with Gasteiger partial charge >= 0.3 is 0 Å². The minimum absolute atomic E-state index is 0.133. The molecule has 2 aliphatic rings. The molecule has 0 aliphatic heterocycles. The smallest absolute Gasteiger partial charge is 0.158 e. The Bertz CT molecular complexity index is 302. The van der Waals surface area contributed by atoms with Gasteiger partial charge in [-0.05, 0) is 42.2 Å². The first-order valence-electron chi connectivity index (χ1n) is 5.82. The standard InChI is InChI=1S/C13H20O2/c1-13(2)8-9(15-3)7-10-11(13)5-4-6-12(10)14/h7,9,11H,4-6,8H2,1-3H3. The third kappa shape index (κ3) is 1.87. The van der Waals surface area contributed by atoms with Gasteiger partial charge in [0.2, 0.25) is 0 Å². The maximum Gasteiger partial charge on any atom is 0.158 e. The lowest BCUT2D eigenvalue weighted by Gasteiger charge is -2.43.